The minimum Gasteiger partial charge on any atom is -0.351 e. The fraction of sp³-hybridized carbons (Fsp3) is 0.818. The molecule has 0 saturated carbocycles. The van der Waals surface area contributed by atoms with Gasteiger partial charge < -0.3 is 15.5 Å². The van der Waals surface area contributed by atoms with Crippen LogP contribution in [0.1, 0.15) is 26.7 Å². The summed E-state index contributed by atoms with van der Waals surface area (Å²) in [6, 6.07) is 0.0408. The van der Waals surface area contributed by atoms with Crippen LogP contribution in [0.15, 0.2) is 0 Å². The van der Waals surface area contributed by atoms with Crippen molar-refractivity contribution >= 4 is 11.9 Å². The molecule has 0 aromatic heterocycles. The molecule has 16 heavy (non-hydrogen) atoms. The lowest BCUT2D eigenvalue weighted by molar-refractivity contribution is -0.125. The van der Waals surface area contributed by atoms with Crippen molar-refractivity contribution in [1.82, 2.24) is 15.5 Å². The van der Waals surface area contributed by atoms with Gasteiger partial charge >= 0.3 is 6.03 Å². The van der Waals surface area contributed by atoms with Crippen LogP contribution in [-0.2, 0) is 4.79 Å². The fourth-order valence-electron chi connectivity index (χ4n) is 1.75. The van der Waals surface area contributed by atoms with Crippen LogP contribution in [0.3, 0.4) is 0 Å². The maximum absolute atomic E-state index is 11.6. The Kier molecular flexibility index (Phi) is 4.58. The Morgan fingerprint density at radius 3 is 2.75 bits per heavy atom. The highest BCUT2D eigenvalue weighted by molar-refractivity contribution is 5.79. The standard InChI is InChI=1S/C11H21N3O2/c1-4-8(2)10(15)13-9-5-6-14(7-9)11(16)12-3/h8-9H,4-7H2,1-3H3,(H,12,16)(H,13,15). The van der Waals surface area contributed by atoms with E-state index in [2.05, 4.69) is 10.6 Å². The van der Waals surface area contributed by atoms with Crippen molar-refractivity contribution in [1.29, 1.82) is 0 Å². The molecule has 2 unspecified atom stereocenters. The molecule has 0 bridgehead atoms. The highest BCUT2D eigenvalue weighted by atomic mass is 16.2. The summed E-state index contributed by atoms with van der Waals surface area (Å²) in [6.45, 7) is 5.24. The minimum absolute atomic E-state index is 0.0500. The zero-order chi connectivity index (χ0) is 12.1. The lowest BCUT2D eigenvalue weighted by Gasteiger charge is -2.17. The summed E-state index contributed by atoms with van der Waals surface area (Å²) in [5, 5.41) is 5.57. The number of carbonyl (C=O) groups is 2. The molecule has 0 aromatic rings. The monoisotopic (exact) mass is 227 g/mol. The number of hydrogen-bond donors (Lipinski definition) is 2. The van der Waals surface area contributed by atoms with Crippen LogP contribution < -0.4 is 10.6 Å². The Hall–Kier alpha value is -1.26. The summed E-state index contributed by atoms with van der Waals surface area (Å²) in [4.78, 5) is 24.7. The third-order valence-electron chi connectivity index (χ3n) is 3.10. The molecule has 0 aromatic carbocycles. The van der Waals surface area contributed by atoms with E-state index in [0.29, 0.717) is 13.1 Å². The SMILES string of the molecule is CCC(C)C(=O)NC1CCN(C(=O)NC)C1. The van der Waals surface area contributed by atoms with Crippen LogP contribution in [0.5, 0.6) is 0 Å². The second-order valence-corrected chi connectivity index (χ2v) is 4.30. The van der Waals surface area contributed by atoms with E-state index < -0.39 is 0 Å². The molecule has 3 amide bonds. The van der Waals surface area contributed by atoms with Gasteiger partial charge in [0.05, 0.1) is 0 Å². The molecule has 1 rings (SSSR count). The molecule has 2 atom stereocenters. The van der Waals surface area contributed by atoms with E-state index in [1.165, 1.54) is 0 Å². The maximum atomic E-state index is 11.6. The van der Waals surface area contributed by atoms with E-state index in [4.69, 9.17) is 0 Å². The summed E-state index contributed by atoms with van der Waals surface area (Å²) in [5.74, 6) is 0.139. The molecule has 0 aliphatic carbocycles. The topological polar surface area (TPSA) is 61.4 Å². The van der Waals surface area contributed by atoms with E-state index in [1.54, 1.807) is 11.9 Å². The normalized spacial score (nSPS) is 21.7. The van der Waals surface area contributed by atoms with Gasteiger partial charge in [-0.3, -0.25) is 4.79 Å². The average Bonchev–Trinajstić information content (AvgIpc) is 2.75. The molecular weight excluding hydrogens is 206 g/mol. The number of nitrogens with zero attached hydrogens (tertiary/aromatic N) is 1. The quantitative estimate of drug-likeness (QED) is 0.740. The lowest BCUT2D eigenvalue weighted by Crippen LogP contribution is -2.42. The van der Waals surface area contributed by atoms with Gasteiger partial charge in [0.15, 0.2) is 0 Å². The van der Waals surface area contributed by atoms with E-state index >= 15 is 0 Å². The lowest BCUT2D eigenvalue weighted by atomic mass is 10.1. The first-order valence-corrected chi connectivity index (χ1v) is 5.85. The van der Waals surface area contributed by atoms with E-state index in [0.717, 1.165) is 12.8 Å². The minimum atomic E-state index is -0.0692. The van der Waals surface area contributed by atoms with Crippen LogP contribution in [0.25, 0.3) is 0 Å². The first-order chi connectivity index (χ1) is 7.58. The predicted molar refractivity (Wildman–Crippen MR) is 62.0 cm³/mol. The Morgan fingerprint density at radius 2 is 2.19 bits per heavy atom. The summed E-state index contributed by atoms with van der Waals surface area (Å²) in [6.07, 6.45) is 1.69. The van der Waals surface area contributed by atoms with E-state index in [1.807, 2.05) is 13.8 Å². The predicted octanol–water partition coefficient (Wildman–Crippen LogP) is 0.562. The van der Waals surface area contributed by atoms with Gasteiger partial charge in [-0.15, -0.1) is 0 Å². The zero-order valence-corrected chi connectivity index (χ0v) is 10.2. The third-order valence-corrected chi connectivity index (χ3v) is 3.10. The van der Waals surface area contributed by atoms with Gasteiger partial charge in [0.1, 0.15) is 0 Å². The summed E-state index contributed by atoms with van der Waals surface area (Å²) >= 11 is 0. The molecule has 5 nitrogen and oxygen atoms in total. The molecular formula is C11H21N3O2. The molecule has 0 spiro atoms. The first-order valence-electron chi connectivity index (χ1n) is 5.85. The Balaban J connectivity index is 2.37. The largest absolute Gasteiger partial charge is 0.351 e. The van der Waals surface area contributed by atoms with Gasteiger partial charge in [0.2, 0.25) is 5.91 Å². The van der Waals surface area contributed by atoms with Gasteiger partial charge in [-0.05, 0) is 12.8 Å². The van der Waals surface area contributed by atoms with Crippen LogP contribution in [0.4, 0.5) is 4.79 Å². The highest BCUT2D eigenvalue weighted by Gasteiger charge is 2.27. The fourth-order valence-corrected chi connectivity index (χ4v) is 1.75. The maximum Gasteiger partial charge on any atom is 0.317 e. The summed E-state index contributed by atoms with van der Waals surface area (Å²) in [5.41, 5.74) is 0. The van der Waals surface area contributed by atoms with Crippen molar-refractivity contribution in [3.63, 3.8) is 0 Å². The van der Waals surface area contributed by atoms with Crippen molar-refractivity contribution in [2.24, 2.45) is 5.92 Å². The van der Waals surface area contributed by atoms with E-state index in [-0.39, 0.29) is 23.9 Å². The Morgan fingerprint density at radius 1 is 1.50 bits per heavy atom. The van der Waals surface area contributed by atoms with Crippen LogP contribution >= 0.6 is 0 Å². The van der Waals surface area contributed by atoms with Gasteiger partial charge in [-0.1, -0.05) is 13.8 Å². The van der Waals surface area contributed by atoms with Crippen molar-refractivity contribution in [2.75, 3.05) is 20.1 Å². The second kappa shape index (κ2) is 5.72. The van der Waals surface area contributed by atoms with Gasteiger partial charge in [-0.25, -0.2) is 4.79 Å². The zero-order valence-electron chi connectivity index (χ0n) is 10.2. The molecule has 1 aliphatic rings. The van der Waals surface area contributed by atoms with Crippen molar-refractivity contribution in [3.05, 3.63) is 0 Å². The van der Waals surface area contributed by atoms with Crippen LogP contribution in [0.2, 0.25) is 0 Å². The Labute approximate surface area is 96.6 Å². The molecule has 1 heterocycles. The third kappa shape index (κ3) is 3.12. The highest BCUT2D eigenvalue weighted by Crippen LogP contribution is 2.10. The smallest absolute Gasteiger partial charge is 0.317 e. The molecule has 1 aliphatic heterocycles. The number of nitrogens with one attached hydrogen (secondary N) is 2. The first kappa shape index (κ1) is 12.8. The van der Waals surface area contributed by atoms with Gasteiger partial charge in [0.25, 0.3) is 0 Å². The molecule has 2 N–H and O–H groups in total. The van der Waals surface area contributed by atoms with Crippen LogP contribution in [0, 0.1) is 5.92 Å². The molecule has 5 heteroatoms. The number of urea groups is 1. The van der Waals surface area contributed by atoms with Crippen molar-refractivity contribution in [3.8, 4) is 0 Å². The number of hydrogen-bond acceptors (Lipinski definition) is 2. The van der Waals surface area contributed by atoms with Crippen LogP contribution in [-0.4, -0.2) is 43.0 Å². The van der Waals surface area contributed by atoms with Crippen molar-refractivity contribution in [2.45, 2.75) is 32.7 Å². The number of amides is 3. The number of carbonyl (C=O) groups excluding carboxylic acids is 2. The molecule has 92 valence electrons. The van der Waals surface area contributed by atoms with E-state index in [9.17, 15) is 9.59 Å². The second-order valence-electron chi connectivity index (χ2n) is 4.30. The molecule has 1 saturated heterocycles. The molecule has 1 fully saturated rings. The van der Waals surface area contributed by atoms with Gasteiger partial charge in [0, 0.05) is 32.1 Å². The summed E-state index contributed by atoms with van der Waals surface area (Å²) < 4.78 is 0. The average molecular weight is 227 g/mol. The number of likely N-dealkylation sites (tertiary alicyclic amines) is 1. The molecule has 0 radical (unpaired) electrons. The Bertz CT molecular complexity index is 268. The van der Waals surface area contributed by atoms with Crippen molar-refractivity contribution < 1.29 is 9.59 Å². The summed E-state index contributed by atoms with van der Waals surface area (Å²) in [7, 11) is 1.62. The number of rotatable bonds is 3. The van der Waals surface area contributed by atoms with Gasteiger partial charge in [-0.2, -0.15) is 0 Å².